The smallest absolute Gasteiger partial charge is 0.250 e. The molecule has 1 N–H and O–H groups in total. The third-order valence-electron chi connectivity index (χ3n) is 7.84. The van der Waals surface area contributed by atoms with E-state index in [1.807, 2.05) is 33.7 Å². The number of ether oxygens (including phenoxy) is 1. The largest absolute Gasteiger partial charge is 0.497 e. The van der Waals surface area contributed by atoms with Gasteiger partial charge < -0.3 is 19.5 Å². The molecule has 5 rings (SSSR count). The third kappa shape index (κ3) is 4.98. The topological polar surface area (TPSA) is 83.9 Å². The van der Waals surface area contributed by atoms with Gasteiger partial charge in [0.05, 0.1) is 19.2 Å². The zero-order chi connectivity index (χ0) is 24.5. The molecular weight excluding hydrogens is 444 g/mol. The van der Waals surface area contributed by atoms with E-state index in [-0.39, 0.29) is 29.7 Å². The number of piperidine rings is 2. The van der Waals surface area contributed by atoms with Crippen molar-refractivity contribution in [2.75, 3.05) is 38.6 Å². The van der Waals surface area contributed by atoms with Crippen molar-refractivity contribution in [3.05, 3.63) is 58.0 Å². The Hall–Kier alpha value is -3.13. The minimum absolute atomic E-state index is 0.00562. The molecule has 186 valence electrons. The van der Waals surface area contributed by atoms with Gasteiger partial charge in [-0.05, 0) is 48.9 Å². The zero-order valence-electron chi connectivity index (χ0n) is 20.5. The fourth-order valence-corrected chi connectivity index (χ4v) is 6.12. The highest BCUT2D eigenvalue weighted by Gasteiger charge is 2.39. The first-order chi connectivity index (χ1) is 16.9. The number of hydrogen-bond acceptors (Lipinski definition) is 5. The summed E-state index contributed by atoms with van der Waals surface area (Å²) in [5.41, 5.74) is 2.62. The van der Waals surface area contributed by atoms with Gasteiger partial charge in [0.1, 0.15) is 5.75 Å². The number of nitrogens with zero attached hydrogens (tertiary/aromatic N) is 3. The van der Waals surface area contributed by atoms with Crippen molar-refractivity contribution in [2.45, 2.75) is 51.1 Å². The molecule has 1 aromatic carbocycles. The van der Waals surface area contributed by atoms with E-state index in [1.54, 1.807) is 26.2 Å². The average Bonchev–Trinajstić information content (AvgIpc) is 2.86. The van der Waals surface area contributed by atoms with E-state index in [0.717, 1.165) is 68.1 Å². The van der Waals surface area contributed by atoms with E-state index < -0.39 is 0 Å². The van der Waals surface area contributed by atoms with Crippen molar-refractivity contribution < 1.29 is 14.3 Å². The minimum atomic E-state index is -0.0944. The van der Waals surface area contributed by atoms with Crippen LogP contribution in [0.5, 0.6) is 5.75 Å². The molecule has 0 aliphatic carbocycles. The summed E-state index contributed by atoms with van der Waals surface area (Å²) in [4.78, 5) is 41.9. The van der Waals surface area contributed by atoms with Crippen LogP contribution >= 0.6 is 0 Å². The van der Waals surface area contributed by atoms with Crippen LogP contribution in [0.4, 0.5) is 5.69 Å². The van der Waals surface area contributed by atoms with E-state index in [1.165, 1.54) is 0 Å². The molecule has 8 nitrogen and oxygen atoms in total. The molecule has 2 bridgehead atoms. The number of amides is 2. The number of pyridine rings is 1. The molecule has 2 aromatic rings. The van der Waals surface area contributed by atoms with Crippen molar-refractivity contribution in [1.82, 2.24) is 14.4 Å². The Kier molecular flexibility index (Phi) is 6.65. The number of benzene rings is 1. The number of likely N-dealkylation sites (tertiary alicyclic amines) is 2. The van der Waals surface area contributed by atoms with Gasteiger partial charge in [0, 0.05) is 63.4 Å². The number of anilines is 1. The number of hydrogen-bond donors (Lipinski definition) is 1. The summed E-state index contributed by atoms with van der Waals surface area (Å²) in [6.45, 7) is 5.83. The molecule has 8 heteroatoms. The summed E-state index contributed by atoms with van der Waals surface area (Å²) in [5, 5.41) is 3.10. The van der Waals surface area contributed by atoms with Gasteiger partial charge in [0.15, 0.2) is 0 Å². The highest BCUT2D eigenvalue weighted by atomic mass is 16.5. The Morgan fingerprint density at radius 3 is 2.46 bits per heavy atom. The van der Waals surface area contributed by atoms with E-state index in [2.05, 4.69) is 10.2 Å². The number of nitrogens with one attached hydrogen (secondary N) is 1. The van der Waals surface area contributed by atoms with Crippen molar-refractivity contribution in [3.63, 3.8) is 0 Å². The Morgan fingerprint density at radius 1 is 1.03 bits per heavy atom. The fraction of sp³-hybridized carbons (Fsp3) is 0.519. The number of carbonyl (C=O) groups excluding carboxylic acids is 2. The second-order valence-electron chi connectivity index (χ2n) is 10.1. The molecule has 1 aromatic heterocycles. The van der Waals surface area contributed by atoms with Crippen LogP contribution in [0.2, 0.25) is 0 Å². The van der Waals surface area contributed by atoms with Crippen molar-refractivity contribution in [2.24, 2.45) is 5.92 Å². The second kappa shape index (κ2) is 9.85. The lowest BCUT2D eigenvalue weighted by Crippen LogP contribution is -2.53. The highest BCUT2D eigenvalue weighted by molar-refractivity contribution is 5.93. The third-order valence-corrected chi connectivity index (χ3v) is 7.84. The maximum absolute atomic E-state index is 12.9. The number of rotatable bonds is 5. The molecule has 0 radical (unpaired) electrons. The Morgan fingerprint density at radius 2 is 1.77 bits per heavy atom. The first kappa shape index (κ1) is 23.6. The lowest BCUT2D eigenvalue weighted by atomic mass is 9.81. The molecule has 3 aliphatic heterocycles. The van der Waals surface area contributed by atoms with Crippen molar-refractivity contribution in [3.8, 4) is 5.75 Å². The number of aromatic nitrogens is 1. The van der Waals surface area contributed by atoms with Crippen LogP contribution in [0.15, 0.2) is 41.2 Å². The van der Waals surface area contributed by atoms with Gasteiger partial charge in [0.25, 0.3) is 5.56 Å². The molecule has 2 saturated heterocycles. The second-order valence-corrected chi connectivity index (χ2v) is 10.1. The van der Waals surface area contributed by atoms with Crippen LogP contribution in [-0.2, 0) is 22.6 Å². The summed E-state index contributed by atoms with van der Waals surface area (Å²) < 4.78 is 7.08. The van der Waals surface area contributed by atoms with E-state index >= 15 is 0 Å². The number of carbonyl (C=O) groups is 2. The van der Waals surface area contributed by atoms with Crippen LogP contribution in [0.1, 0.15) is 43.4 Å². The average molecular weight is 479 g/mol. The van der Waals surface area contributed by atoms with Gasteiger partial charge in [-0.3, -0.25) is 19.3 Å². The molecular formula is C27H34N4O4. The van der Waals surface area contributed by atoms with Gasteiger partial charge >= 0.3 is 0 Å². The summed E-state index contributed by atoms with van der Waals surface area (Å²) in [6.07, 6.45) is 3.28. The number of fused-ring (bicyclic) bond motifs is 4. The highest BCUT2D eigenvalue weighted by Crippen LogP contribution is 2.40. The van der Waals surface area contributed by atoms with E-state index in [0.29, 0.717) is 18.5 Å². The van der Waals surface area contributed by atoms with Crippen molar-refractivity contribution in [1.29, 1.82) is 0 Å². The van der Waals surface area contributed by atoms with Gasteiger partial charge in [-0.15, -0.1) is 0 Å². The van der Waals surface area contributed by atoms with Crippen LogP contribution in [-0.4, -0.2) is 65.5 Å². The molecule has 3 aliphatic rings. The maximum atomic E-state index is 12.9. The van der Waals surface area contributed by atoms with E-state index in [9.17, 15) is 14.4 Å². The summed E-state index contributed by atoms with van der Waals surface area (Å²) >= 11 is 0. The normalized spacial score (nSPS) is 22.4. The maximum Gasteiger partial charge on any atom is 0.250 e. The van der Waals surface area contributed by atoms with Crippen molar-refractivity contribution >= 4 is 17.5 Å². The predicted molar refractivity (Wildman–Crippen MR) is 134 cm³/mol. The zero-order valence-corrected chi connectivity index (χ0v) is 20.5. The van der Waals surface area contributed by atoms with Gasteiger partial charge in [-0.25, -0.2) is 0 Å². The summed E-state index contributed by atoms with van der Waals surface area (Å²) in [5.74, 6) is 1.45. The van der Waals surface area contributed by atoms with Crippen LogP contribution in [0.25, 0.3) is 0 Å². The van der Waals surface area contributed by atoms with Crippen LogP contribution in [0, 0.1) is 5.92 Å². The summed E-state index contributed by atoms with van der Waals surface area (Å²) in [7, 11) is 1.62. The standard InChI is InChI=1S/C27H34N4O4/c1-18(32)29-11-9-22(10-12-29)30-15-20-13-21(17-30)27-24(7-8-26(34)31(27)16-20)28-25(33)14-19-3-5-23(35-2)6-4-19/h3-8,20-22H,9-17H2,1-2H3,(H,28,33)/t20-,21+/m0/s1. The van der Waals surface area contributed by atoms with E-state index in [4.69, 9.17) is 4.74 Å². The molecule has 35 heavy (non-hydrogen) atoms. The minimum Gasteiger partial charge on any atom is -0.497 e. The van der Waals surface area contributed by atoms with Gasteiger partial charge in [0.2, 0.25) is 11.8 Å². The molecule has 0 unspecified atom stereocenters. The first-order valence-electron chi connectivity index (χ1n) is 12.6. The lowest BCUT2D eigenvalue weighted by molar-refractivity contribution is -0.130. The molecule has 0 saturated carbocycles. The summed E-state index contributed by atoms with van der Waals surface area (Å²) in [6, 6.07) is 11.3. The molecule has 2 atom stereocenters. The van der Waals surface area contributed by atoms with Gasteiger partial charge in [-0.1, -0.05) is 12.1 Å². The molecule has 2 fully saturated rings. The number of methoxy groups -OCH3 is 1. The molecule has 2 amide bonds. The molecule has 0 spiro atoms. The van der Waals surface area contributed by atoms with Gasteiger partial charge in [-0.2, -0.15) is 0 Å². The van der Waals surface area contributed by atoms with Crippen LogP contribution < -0.4 is 15.6 Å². The predicted octanol–water partition coefficient (Wildman–Crippen LogP) is 2.47. The SMILES string of the molecule is COc1ccc(CC(=O)Nc2ccc(=O)n3c2[C@@H]2C[C@@H](CN(C4CCN(C(C)=O)CC4)C2)C3)cc1. The Labute approximate surface area is 205 Å². The Bertz CT molecular complexity index is 1150. The fourth-order valence-electron chi connectivity index (χ4n) is 6.12. The van der Waals surface area contributed by atoms with Crippen LogP contribution in [0.3, 0.4) is 0 Å². The first-order valence-corrected chi connectivity index (χ1v) is 12.6. The quantitative estimate of drug-likeness (QED) is 0.714. The monoisotopic (exact) mass is 478 g/mol. The Balaban J connectivity index is 1.32. The molecule has 4 heterocycles. The lowest BCUT2D eigenvalue weighted by Gasteiger charge is -2.47.